The molecule has 8 nitrogen and oxygen atoms in total. The number of aromatic hydroxyl groups is 1. The largest absolute Gasteiger partial charge is 0.493 e. The van der Waals surface area contributed by atoms with Crippen LogP contribution in [0.15, 0.2) is 69.7 Å². The summed E-state index contributed by atoms with van der Waals surface area (Å²) in [5, 5.41) is 18.6. The number of aromatic nitrogens is 1. The average Bonchev–Trinajstić information content (AvgIpc) is 2.97. The van der Waals surface area contributed by atoms with Gasteiger partial charge in [0.1, 0.15) is 0 Å². The molecule has 2 N–H and O–H groups in total. The van der Waals surface area contributed by atoms with Crippen LogP contribution in [0.5, 0.6) is 5.88 Å². The van der Waals surface area contributed by atoms with Gasteiger partial charge in [0.15, 0.2) is 5.69 Å². The molecular weight excluding hydrogens is 380 g/mol. The maximum absolute atomic E-state index is 12.1. The molecule has 0 spiro atoms. The highest BCUT2D eigenvalue weighted by Gasteiger charge is 2.19. The SMILES string of the molecule is CC(C)n1c(O)c(N=NC(=O)CNS(=O)(=O)c2ccccc2)c2ccccc21. The standard InChI is InChI=1S/C19H20N4O4S/c1-13(2)23-16-11-7-6-10-15(16)18(19(23)25)22-21-17(24)12-20-28(26,27)14-8-4-3-5-9-14/h3-11,13,20,25H,12H2,1-2H3. The van der Waals surface area contributed by atoms with Crippen molar-refractivity contribution in [2.24, 2.45) is 10.2 Å². The molecule has 3 rings (SSSR count). The second-order valence-electron chi connectivity index (χ2n) is 6.38. The van der Waals surface area contributed by atoms with Gasteiger partial charge in [0.2, 0.25) is 15.9 Å². The molecule has 0 radical (unpaired) electrons. The summed E-state index contributed by atoms with van der Waals surface area (Å²) >= 11 is 0. The molecule has 28 heavy (non-hydrogen) atoms. The zero-order valence-electron chi connectivity index (χ0n) is 15.4. The van der Waals surface area contributed by atoms with Crippen LogP contribution >= 0.6 is 0 Å². The monoisotopic (exact) mass is 400 g/mol. The van der Waals surface area contributed by atoms with E-state index in [0.29, 0.717) is 5.39 Å². The van der Waals surface area contributed by atoms with E-state index in [2.05, 4.69) is 15.0 Å². The van der Waals surface area contributed by atoms with Crippen molar-refractivity contribution < 1.29 is 18.3 Å². The molecule has 0 aliphatic rings. The molecule has 1 aromatic heterocycles. The number of nitrogens with one attached hydrogen (secondary N) is 1. The first-order chi connectivity index (χ1) is 13.3. The van der Waals surface area contributed by atoms with Gasteiger partial charge in [0.25, 0.3) is 5.91 Å². The fraction of sp³-hybridized carbons (Fsp3) is 0.211. The summed E-state index contributed by atoms with van der Waals surface area (Å²) in [6, 6.07) is 14.9. The molecule has 0 bridgehead atoms. The van der Waals surface area contributed by atoms with Crippen LogP contribution in [0.25, 0.3) is 10.9 Å². The number of azo groups is 1. The molecule has 1 amide bonds. The van der Waals surface area contributed by atoms with Crippen molar-refractivity contribution in [1.82, 2.24) is 9.29 Å². The molecule has 0 atom stereocenters. The molecule has 3 aromatic rings. The van der Waals surface area contributed by atoms with Gasteiger partial charge in [-0.3, -0.25) is 4.79 Å². The maximum Gasteiger partial charge on any atom is 0.279 e. The molecule has 0 aliphatic heterocycles. The van der Waals surface area contributed by atoms with Gasteiger partial charge in [0.05, 0.1) is 17.0 Å². The molecule has 0 fully saturated rings. The molecule has 9 heteroatoms. The van der Waals surface area contributed by atoms with E-state index in [9.17, 15) is 18.3 Å². The highest BCUT2D eigenvalue weighted by molar-refractivity contribution is 7.89. The topological polar surface area (TPSA) is 113 Å². The zero-order chi connectivity index (χ0) is 20.3. The first-order valence-electron chi connectivity index (χ1n) is 8.62. The summed E-state index contributed by atoms with van der Waals surface area (Å²) in [4.78, 5) is 12.1. The fourth-order valence-corrected chi connectivity index (χ4v) is 3.83. The van der Waals surface area contributed by atoms with E-state index in [0.717, 1.165) is 5.52 Å². The molecule has 0 saturated heterocycles. The number of fused-ring (bicyclic) bond motifs is 1. The van der Waals surface area contributed by atoms with Crippen LogP contribution in [0, 0.1) is 0 Å². The van der Waals surface area contributed by atoms with E-state index < -0.39 is 22.5 Å². The Morgan fingerprint density at radius 3 is 2.43 bits per heavy atom. The van der Waals surface area contributed by atoms with E-state index in [1.165, 1.54) is 12.1 Å². The van der Waals surface area contributed by atoms with Crippen LogP contribution in [-0.2, 0) is 14.8 Å². The van der Waals surface area contributed by atoms with Crippen molar-refractivity contribution in [3.63, 3.8) is 0 Å². The Morgan fingerprint density at radius 2 is 1.75 bits per heavy atom. The van der Waals surface area contributed by atoms with Crippen molar-refractivity contribution in [3.05, 3.63) is 54.6 Å². The highest BCUT2D eigenvalue weighted by Crippen LogP contribution is 2.40. The zero-order valence-corrected chi connectivity index (χ0v) is 16.2. The lowest BCUT2D eigenvalue weighted by Gasteiger charge is -2.10. The van der Waals surface area contributed by atoms with Crippen molar-refractivity contribution in [2.45, 2.75) is 24.8 Å². The molecule has 0 saturated carbocycles. The van der Waals surface area contributed by atoms with E-state index in [1.807, 2.05) is 26.0 Å². The number of amides is 1. The number of hydrogen-bond acceptors (Lipinski definition) is 5. The molecule has 0 unspecified atom stereocenters. The number of sulfonamides is 1. The van der Waals surface area contributed by atoms with Crippen LogP contribution in [-0.4, -0.2) is 30.5 Å². The minimum atomic E-state index is -3.81. The molecule has 1 heterocycles. The summed E-state index contributed by atoms with van der Waals surface area (Å²) in [6.07, 6.45) is 0. The highest BCUT2D eigenvalue weighted by atomic mass is 32.2. The Labute approximate surface area is 162 Å². The van der Waals surface area contributed by atoms with Crippen LogP contribution in [0.1, 0.15) is 19.9 Å². The van der Waals surface area contributed by atoms with Gasteiger partial charge < -0.3 is 9.67 Å². The van der Waals surface area contributed by atoms with E-state index in [4.69, 9.17) is 0 Å². The van der Waals surface area contributed by atoms with Crippen LogP contribution in [0.3, 0.4) is 0 Å². The van der Waals surface area contributed by atoms with Crippen molar-refractivity contribution >= 4 is 32.5 Å². The Hall–Kier alpha value is -3.04. The Morgan fingerprint density at radius 1 is 1.11 bits per heavy atom. The Kier molecular flexibility index (Phi) is 5.57. The molecule has 2 aromatic carbocycles. The van der Waals surface area contributed by atoms with Crippen molar-refractivity contribution in [1.29, 1.82) is 0 Å². The van der Waals surface area contributed by atoms with Gasteiger partial charge in [-0.05, 0) is 32.0 Å². The number of carbonyl (C=O) groups excluding carboxylic acids is 1. The van der Waals surface area contributed by atoms with Gasteiger partial charge in [-0.1, -0.05) is 36.4 Å². The number of carbonyl (C=O) groups is 1. The fourth-order valence-electron chi connectivity index (χ4n) is 2.83. The number of benzene rings is 2. The predicted molar refractivity (Wildman–Crippen MR) is 105 cm³/mol. The predicted octanol–water partition coefficient (Wildman–Crippen LogP) is 3.52. The summed E-state index contributed by atoms with van der Waals surface area (Å²) in [5.74, 6) is -0.877. The maximum atomic E-state index is 12.1. The van der Waals surface area contributed by atoms with E-state index in [-0.39, 0.29) is 22.5 Å². The summed E-state index contributed by atoms with van der Waals surface area (Å²) in [6.45, 7) is 3.29. The van der Waals surface area contributed by atoms with Gasteiger partial charge in [-0.2, -0.15) is 0 Å². The first kappa shape index (κ1) is 19.7. The number of hydrogen-bond donors (Lipinski definition) is 2. The Bertz CT molecular complexity index is 1140. The third-order valence-electron chi connectivity index (χ3n) is 4.10. The number of para-hydroxylation sites is 1. The van der Waals surface area contributed by atoms with Crippen LogP contribution in [0.4, 0.5) is 5.69 Å². The Balaban J connectivity index is 1.79. The smallest absolute Gasteiger partial charge is 0.279 e. The molecule has 146 valence electrons. The van der Waals surface area contributed by atoms with E-state index in [1.54, 1.807) is 34.9 Å². The minimum Gasteiger partial charge on any atom is -0.493 e. The lowest BCUT2D eigenvalue weighted by Crippen LogP contribution is -2.28. The number of rotatable bonds is 6. The van der Waals surface area contributed by atoms with Gasteiger partial charge >= 0.3 is 0 Å². The number of nitrogens with zero attached hydrogens (tertiary/aromatic N) is 3. The van der Waals surface area contributed by atoms with E-state index >= 15 is 0 Å². The first-order valence-corrected chi connectivity index (χ1v) is 10.1. The van der Waals surface area contributed by atoms with Crippen LogP contribution < -0.4 is 4.72 Å². The normalized spacial score (nSPS) is 12.2. The summed E-state index contributed by atoms with van der Waals surface area (Å²) in [5.41, 5.74) is 0.935. The van der Waals surface area contributed by atoms with Gasteiger partial charge in [0, 0.05) is 11.4 Å². The third-order valence-corrected chi connectivity index (χ3v) is 5.52. The lowest BCUT2D eigenvalue weighted by atomic mass is 10.2. The summed E-state index contributed by atoms with van der Waals surface area (Å²) < 4.78 is 28.2. The average molecular weight is 400 g/mol. The lowest BCUT2D eigenvalue weighted by molar-refractivity contribution is -0.117. The minimum absolute atomic E-state index is 0.0257. The molecular formula is C19H20N4O4S. The molecule has 0 aliphatic carbocycles. The van der Waals surface area contributed by atoms with Crippen molar-refractivity contribution in [3.8, 4) is 5.88 Å². The quantitative estimate of drug-likeness (QED) is 0.616. The van der Waals surface area contributed by atoms with Crippen LogP contribution in [0.2, 0.25) is 0 Å². The van der Waals surface area contributed by atoms with Gasteiger partial charge in [-0.15, -0.1) is 10.2 Å². The second kappa shape index (κ2) is 7.91. The van der Waals surface area contributed by atoms with Gasteiger partial charge in [-0.25, -0.2) is 13.1 Å². The summed E-state index contributed by atoms with van der Waals surface area (Å²) in [7, 11) is -3.81. The second-order valence-corrected chi connectivity index (χ2v) is 8.15. The third kappa shape index (κ3) is 3.95. The van der Waals surface area contributed by atoms with Crippen molar-refractivity contribution in [2.75, 3.05) is 6.54 Å².